The highest BCUT2D eigenvalue weighted by molar-refractivity contribution is 6.30. The number of likely N-dealkylation sites (tertiary alicyclic amines) is 1. The van der Waals surface area contributed by atoms with Crippen LogP contribution in [0.1, 0.15) is 35.2 Å². The number of carbonyl (C=O) groups excluding carboxylic acids is 2. The van der Waals surface area contributed by atoms with Crippen LogP contribution < -0.4 is 4.74 Å². The van der Waals surface area contributed by atoms with E-state index in [1.807, 2.05) is 54.4 Å². The van der Waals surface area contributed by atoms with Gasteiger partial charge in [-0.05, 0) is 66.9 Å². The van der Waals surface area contributed by atoms with Gasteiger partial charge in [0.2, 0.25) is 5.91 Å². The Labute approximate surface area is 222 Å². The average molecular weight is 525 g/mol. The van der Waals surface area contributed by atoms with E-state index in [0.717, 1.165) is 18.4 Å². The number of hydrogen-bond donors (Lipinski definition) is 0. The molecule has 0 radical (unpaired) electrons. The van der Waals surface area contributed by atoms with Crippen molar-refractivity contribution in [2.45, 2.75) is 25.8 Å². The molecule has 0 N–H and O–H groups in total. The summed E-state index contributed by atoms with van der Waals surface area (Å²) in [6, 6.07) is 24.0. The molecule has 1 fully saturated rings. The van der Waals surface area contributed by atoms with Crippen LogP contribution in [0.2, 0.25) is 10.0 Å². The first-order chi connectivity index (χ1) is 17.3. The zero-order valence-electron chi connectivity index (χ0n) is 20.3. The van der Waals surface area contributed by atoms with Crippen molar-refractivity contribution in [2.24, 2.45) is 5.41 Å². The van der Waals surface area contributed by atoms with Gasteiger partial charge in [-0.1, -0.05) is 53.5 Å². The van der Waals surface area contributed by atoms with Crippen LogP contribution in [0.5, 0.6) is 5.75 Å². The molecule has 4 rings (SSSR count). The molecule has 188 valence electrons. The largest absolute Gasteiger partial charge is 0.493 e. The van der Waals surface area contributed by atoms with Crippen molar-refractivity contribution < 1.29 is 14.3 Å². The molecule has 0 aliphatic carbocycles. The lowest BCUT2D eigenvalue weighted by Gasteiger charge is -2.43. The van der Waals surface area contributed by atoms with Crippen molar-refractivity contribution in [3.8, 4) is 5.75 Å². The van der Waals surface area contributed by atoms with Gasteiger partial charge in [0.1, 0.15) is 5.75 Å². The fourth-order valence-electron chi connectivity index (χ4n) is 4.64. The highest BCUT2D eigenvalue weighted by atomic mass is 35.5. The maximum atomic E-state index is 13.4. The predicted molar refractivity (Wildman–Crippen MR) is 144 cm³/mol. The van der Waals surface area contributed by atoms with E-state index in [-0.39, 0.29) is 18.2 Å². The van der Waals surface area contributed by atoms with Gasteiger partial charge in [-0.15, -0.1) is 0 Å². The highest BCUT2D eigenvalue weighted by Crippen LogP contribution is 2.36. The van der Waals surface area contributed by atoms with Crippen LogP contribution in [-0.2, 0) is 11.3 Å². The van der Waals surface area contributed by atoms with Crippen LogP contribution in [0.15, 0.2) is 78.9 Å². The topological polar surface area (TPSA) is 49.9 Å². The summed E-state index contributed by atoms with van der Waals surface area (Å²) in [5.41, 5.74) is 1.14. The Morgan fingerprint density at radius 1 is 0.944 bits per heavy atom. The molecule has 0 aromatic heterocycles. The normalized spacial score (nSPS) is 17.5. The molecule has 7 heteroatoms. The van der Waals surface area contributed by atoms with Gasteiger partial charge < -0.3 is 14.5 Å². The van der Waals surface area contributed by atoms with E-state index in [2.05, 4.69) is 0 Å². The molecule has 1 aliphatic heterocycles. The lowest BCUT2D eigenvalue weighted by Crippen LogP contribution is -2.50. The van der Waals surface area contributed by atoms with Gasteiger partial charge in [-0.25, -0.2) is 0 Å². The predicted octanol–water partition coefficient (Wildman–Crippen LogP) is 6.34. The molecule has 1 unspecified atom stereocenters. The molecule has 3 aromatic carbocycles. The second-order valence-electron chi connectivity index (χ2n) is 9.49. The Morgan fingerprint density at radius 3 is 2.25 bits per heavy atom. The molecular formula is C29H30Cl2N2O3. The second kappa shape index (κ2) is 11.8. The maximum Gasteiger partial charge on any atom is 0.253 e. The van der Waals surface area contributed by atoms with Gasteiger partial charge in [0, 0.05) is 54.1 Å². The summed E-state index contributed by atoms with van der Waals surface area (Å²) in [5, 5.41) is 1.22. The summed E-state index contributed by atoms with van der Waals surface area (Å²) >= 11 is 12.0. The van der Waals surface area contributed by atoms with Gasteiger partial charge in [-0.2, -0.15) is 0 Å². The number of carbonyl (C=O) groups is 2. The van der Waals surface area contributed by atoms with Crippen LogP contribution in [0.25, 0.3) is 0 Å². The highest BCUT2D eigenvalue weighted by Gasteiger charge is 2.40. The van der Waals surface area contributed by atoms with Crippen LogP contribution >= 0.6 is 23.2 Å². The molecule has 5 nitrogen and oxygen atoms in total. The second-order valence-corrected chi connectivity index (χ2v) is 10.4. The van der Waals surface area contributed by atoms with E-state index in [9.17, 15) is 9.59 Å². The Morgan fingerprint density at radius 2 is 1.58 bits per heavy atom. The van der Waals surface area contributed by atoms with E-state index in [1.54, 1.807) is 41.3 Å². The van der Waals surface area contributed by atoms with Gasteiger partial charge in [0.05, 0.1) is 6.61 Å². The standard InChI is InChI=1S/C29H30Cl2N2O3/c1-32(19-22-6-3-2-4-7-22)27(34)18-29(21-36-26-14-12-25(31)13-15-26)16-5-17-33(20-29)28(35)23-8-10-24(30)11-9-23/h2-4,6-15H,5,16-21H2,1H3. The molecule has 36 heavy (non-hydrogen) atoms. The molecule has 2 amide bonds. The number of hydrogen-bond acceptors (Lipinski definition) is 3. The average Bonchev–Trinajstić information content (AvgIpc) is 2.89. The molecule has 1 aliphatic rings. The van der Waals surface area contributed by atoms with Crippen molar-refractivity contribution in [2.75, 3.05) is 26.7 Å². The number of benzene rings is 3. The van der Waals surface area contributed by atoms with Crippen molar-refractivity contribution in [3.05, 3.63) is 100 Å². The van der Waals surface area contributed by atoms with Gasteiger partial charge >= 0.3 is 0 Å². The van der Waals surface area contributed by atoms with Crippen LogP contribution in [0.4, 0.5) is 0 Å². The summed E-state index contributed by atoms with van der Waals surface area (Å²) in [6.45, 7) is 1.93. The van der Waals surface area contributed by atoms with Crippen molar-refractivity contribution >= 4 is 35.0 Å². The quantitative estimate of drug-likeness (QED) is 0.345. The summed E-state index contributed by atoms with van der Waals surface area (Å²) in [5.74, 6) is 0.650. The van der Waals surface area contributed by atoms with Crippen molar-refractivity contribution in [3.63, 3.8) is 0 Å². The molecule has 1 heterocycles. The molecule has 1 saturated heterocycles. The minimum Gasteiger partial charge on any atom is -0.493 e. The zero-order valence-corrected chi connectivity index (χ0v) is 21.8. The number of rotatable bonds is 8. The van der Waals surface area contributed by atoms with Crippen LogP contribution in [0.3, 0.4) is 0 Å². The summed E-state index contributed by atoms with van der Waals surface area (Å²) < 4.78 is 6.17. The van der Waals surface area contributed by atoms with Crippen molar-refractivity contribution in [1.29, 1.82) is 0 Å². The van der Waals surface area contributed by atoms with E-state index in [0.29, 0.717) is 47.6 Å². The Balaban J connectivity index is 1.52. The smallest absolute Gasteiger partial charge is 0.253 e. The summed E-state index contributed by atoms with van der Waals surface area (Å²) in [4.78, 5) is 30.3. The summed E-state index contributed by atoms with van der Waals surface area (Å²) in [7, 11) is 1.82. The molecule has 1 atom stereocenters. The first-order valence-corrected chi connectivity index (χ1v) is 12.8. The minimum absolute atomic E-state index is 0.0272. The number of halogens is 2. The van der Waals surface area contributed by atoms with E-state index in [4.69, 9.17) is 27.9 Å². The molecule has 3 aromatic rings. The van der Waals surface area contributed by atoms with E-state index < -0.39 is 5.41 Å². The Hall–Kier alpha value is -3.02. The third kappa shape index (κ3) is 6.80. The SMILES string of the molecule is CN(Cc1ccccc1)C(=O)CC1(COc2ccc(Cl)cc2)CCCN(C(=O)c2ccc(Cl)cc2)C1. The molecule has 0 spiro atoms. The molecule has 0 bridgehead atoms. The van der Waals surface area contributed by atoms with E-state index in [1.165, 1.54) is 0 Å². The number of amides is 2. The van der Waals surface area contributed by atoms with Gasteiger partial charge in [-0.3, -0.25) is 9.59 Å². The number of ether oxygens (including phenoxy) is 1. The zero-order chi connectivity index (χ0) is 25.5. The number of nitrogens with zero attached hydrogens (tertiary/aromatic N) is 2. The minimum atomic E-state index is -0.512. The third-order valence-corrected chi connectivity index (χ3v) is 7.12. The Kier molecular flexibility index (Phi) is 8.55. The van der Waals surface area contributed by atoms with Crippen LogP contribution in [0, 0.1) is 5.41 Å². The summed E-state index contributed by atoms with van der Waals surface area (Å²) in [6.07, 6.45) is 1.86. The fourth-order valence-corrected chi connectivity index (χ4v) is 4.89. The van der Waals surface area contributed by atoms with Gasteiger partial charge in [0.25, 0.3) is 5.91 Å². The third-order valence-electron chi connectivity index (χ3n) is 6.61. The lowest BCUT2D eigenvalue weighted by molar-refractivity contribution is -0.134. The van der Waals surface area contributed by atoms with Gasteiger partial charge in [0.15, 0.2) is 0 Å². The lowest BCUT2D eigenvalue weighted by atomic mass is 9.77. The monoisotopic (exact) mass is 524 g/mol. The van der Waals surface area contributed by atoms with E-state index >= 15 is 0 Å². The number of piperidine rings is 1. The maximum absolute atomic E-state index is 13.4. The van der Waals surface area contributed by atoms with Crippen LogP contribution in [-0.4, -0.2) is 48.4 Å². The fraction of sp³-hybridized carbons (Fsp3) is 0.310. The molecular weight excluding hydrogens is 495 g/mol. The first kappa shape index (κ1) is 26.1. The van der Waals surface area contributed by atoms with Crippen molar-refractivity contribution in [1.82, 2.24) is 9.80 Å². The Bertz CT molecular complexity index is 1170. The first-order valence-electron chi connectivity index (χ1n) is 12.0. The molecule has 0 saturated carbocycles.